The number of halogens is 6. The summed E-state index contributed by atoms with van der Waals surface area (Å²) in [5.74, 6) is 0. The van der Waals surface area contributed by atoms with E-state index in [-0.39, 0.29) is 13.2 Å². The van der Waals surface area contributed by atoms with Gasteiger partial charge in [-0.15, -0.1) is 0 Å². The highest BCUT2D eigenvalue weighted by Gasteiger charge is 2.62. The lowest BCUT2D eigenvalue weighted by atomic mass is 10.9. The molecule has 0 aromatic heterocycles. The first-order chi connectivity index (χ1) is 10.1. The summed E-state index contributed by atoms with van der Waals surface area (Å²) in [7, 11) is -17.1. The summed E-state index contributed by atoms with van der Waals surface area (Å²) in [4.78, 5) is 0. The first-order valence-electron chi connectivity index (χ1n) is 5.76. The van der Waals surface area contributed by atoms with Crippen LogP contribution >= 0.6 is 0 Å². The predicted molar refractivity (Wildman–Crippen MR) is 67.1 cm³/mol. The monoisotopic (exact) mass is 413 g/mol. The zero-order chi connectivity index (χ0) is 18.7. The fourth-order valence-electron chi connectivity index (χ4n) is 1.20. The van der Waals surface area contributed by atoms with E-state index in [2.05, 4.69) is 0 Å². The van der Waals surface area contributed by atoms with Gasteiger partial charge in [0, 0.05) is 13.2 Å². The molecular formula is C7H13F6NO6S2Si. The zero-order valence-corrected chi connectivity index (χ0v) is 14.5. The minimum absolute atomic E-state index is 0.219. The molecule has 7 nitrogen and oxygen atoms in total. The first kappa shape index (κ1) is 22.6. The normalized spacial score (nSPS) is 14.7. The molecule has 140 valence electrons. The number of sulfonamides is 2. The molecule has 0 saturated heterocycles. The molecule has 0 N–H and O–H groups in total. The summed E-state index contributed by atoms with van der Waals surface area (Å²) < 4.78 is 128. The van der Waals surface area contributed by atoms with Gasteiger partial charge < -0.3 is 8.85 Å². The summed E-state index contributed by atoms with van der Waals surface area (Å²) in [5.41, 5.74) is -12.5. The maximum absolute atomic E-state index is 12.5. The molecule has 23 heavy (non-hydrogen) atoms. The Labute approximate surface area is 130 Å². The molecule has 0 bridgehead atoms. The highest BCUT2D eigenvalue weighted by Crippen LogP contribution is 2.35. The fraction of sp³-hybridized carbons (Fsp3) is 1.00. The van der Waals surface area contributed by atoms with Gasteiger partial charge in [0.05, 0.1) is 6.17 Å². The summed E-state index contributed by atoms with van der Waals surface area (Å²) in [6.45, 7) is 2.20. The van der Waals surface area contributed by atoms with Crippen LogP contribution in [0.3, 0.4) is 0 Å². The number of hydrogen-bond donors (Lipinski definition) is 0. The van der Waals surface area contributed by atoms with E-state index in [4.69, 9.17) is 8.85 Å². The van der Waals surface area contributed by atoms with Crippen LogP contribution in [0.25, 0.3) is 0 Å². The van der Waals surface area contributed by atoms with Crippen molar-refractivity contribution in [2.24, 2.45) is 0 Å². The Kier molecular flexibility index (Phi) is 7.50. The second-order valence-electron chi connectivity index (χ2n) is 3.70. The molecule has 16 heteroatoms. The minimum atomic E-state index is -6.81. The highest BCUT2D eigenvalue weighted by atomic mass is 32.3. The van der Waals surface area contributed by atoms with E-state index < -0.39 is 50.2 Å². The van der Waals surface area contributed by atoms with Crippen molar-refractivity contribution in [1.82, 2.24) is 3.71 Å². The Morgan fingerprint density at radius 1 is 0.826 bits per heavy atom. The molecule has 0 fully saturated rings. The van der Waals surface area contributed by atoms with Crippen molar-refractivity contribution in [3.8, 4) is 0 Å². The van der Waals surface area contributed by atoms with E-state index in [1.54, 1.807) is 0 Å². The van der Waals surface area contributed by atoms with Gasteiger partial charge in [0.15, 0.2) is 0 Å². The minimum Gasteiger partial charge on any atom is -0.396 e. The van der Waals surface area contributed by atoms with E-state index in [0.717, 1.165) is 0 Å². The molecule has 0 aromatic carbocycles. The van der Waals surface area contributed by atoms with Gasteiger partial charge in [-0.1, -0.05) is 3.71 Å². The van der Waals surface area contributed by atoms with Gasteiger partial charge in [-0.25, -0.2) is 16.8 Å². The molecule has 0 unspecified atom stereocenters. The quantitative estimate of drug-likeness (QED) is 0.432. The Bertz CT molecular complexity index is 538. The summed E-state index contributed by atoms with van der Waals surface area (Å²) in [6, 6.07) is 0. The van der Waals surface area contributed by atoms with Gasteiger partial charge in [-0.3, -0.25) is 0 Å². The summed E-state index contributed by atoms with van der Waals surface area (Å²) in [6.07, 6.45) is -1.70. The molecule has 0 saturated carbocycles. The lowest BCUT2D eigenvalue weighted by Gasteiger charge is -2.26. The molecule has 0 atom stereocenters. The molecular weight excluding hydrogens is 400 g/mol. The molecule has 0 aliphatic heterocycles. The average Bonchev–Trinajstić information content (AvgIpc) is 2.32. The van der Waals surface area contributed by atoms with Crippen molar-refractivity contribution in [2.75, 3.05) is 19.4 Å². The van der Waals surface area contributed by atoms with Gasteiger partial charge in [0.2, 0.25) is 0 Å². The zero-order valence-electron chi connectivity index (χ0n) is 11.7. The van der Waals surface area contributed by atoms with Crippen LogP contribution in [0.4, 0.5) is 26.3 Å². The molecule has 0 heterocycles. The molecule has 0 aliphatic rings. The van der Waals surface area contributed by atoms with Crippen LogP contribution in [-0.2, 0) is 28.9 Å². The van der Waals surface area contributed by atoms with Crippen molar-refractivity contribution in [3.05, 3.63) is 0 Å². The van der Waals surface area contributed by atoms with Crippen LogP contribution < -0.4 is 0 Å². The Morgan fingerprint density at radius 2 is 1.13 bits per heavy atom. The molecule has 0 rings (SSSR count). The highest BCUT2D eigenvalue weighted by molar-refractivity contribution is 8.04. The lowest BCUT2D eigenvalue weighted by molar-refractivity contribution is -0.0527. The molecule has 0 aliphatic carbocycles. The van der Waals surface area contributed by atoms with Gasteiger partial charge >= 0.3 is 40.3 Å². The third-order valence-electron chi connectivity index (χ3n) is 2.12. The van der Waals surface area contributed by atoms with E-state index in [0.29, 0.717) is 0 Å². The van der Waals surface area contributed by atoms with Crippen molar-refractivity contribution >= 4 is 29.3 Å². The maximum Gasteiger partial charge on any atom is 0.512 e. The lowest BCUT2D eigenvalue weighted by Crippen LogP contribution is -2.53. The van der Waals surface area contributed by atoms with Crippen LogP contribution in [0.15, 0.2) is 0 Å². The van der Waals surface area contributed by atoms with Crippen molar-refractivity contribution in [2.45, 2.75) is 24.9 Å². The molecule has 0 spiro atoms. The smallest absolute Gasteiger partial charge is 0.396 e. The third kappa shape index (κ3) is 5.28. The number of hydrogen-bond acceptors (Lipinski definition) is 6. The van der Waals surface area contributed by atoms with Gasteiger partial charge in [0.25, 0.3) is 0 Å². The first-order valence-corrected chi connectivity index (χ1v) is 10.4. The van der Waals surface area contributed by atoms with Crippen molar-refractivity contribution in [3.63, 3.8) is 0 Å². The van der Waals surface area contributed by atoms with Crippen molar-refractivity contribution in [1.29, 1.82) is 0 Å². The largest absolute Gasteiger partial charge is 0.512 e. The second kappa shape index (κ2) is 7.64. The summed E-state index contributed by atoms with van der Waals surface area (Å²) >= 11 is 0. The number of rotatable bonds is 8. The molecule has 0 aromatic rings. The van der Waals surface area contributed by atoms with Crippen LogP contribution in [0.2, 0.25) is 0 Å². The Morgan fingerprint density at radius 3 is 1.35 bits per heavy atom. The number of nitrogens with zero attached hydrogens (tertiary/aromatic N) is 1. The Balaban J connectivity index is 6.05. The number of alkyl halides is 6. The van der Waals surface area contributed by atoms with E-state index in [9.17, 15) is 43.2 Å². The van der Waals surface area contributed by atoms with E-state index in [1.165, 1.54) is 13.8 Å². The van der Waals surface area contributed by atoms with Crippen LogP contribution in [0.1, 0.15) is 13.8 Å². The van der Waals surface area contributed by atoms with E-state index >= 15 is 0 Å². The van der Waals surface area contributed by atoms with Crippen LogP contribution in [0, 0.1) is 0 Å². The Hall–Kier alpha value is -0.423. The summed E-state index contributed by atoms with van der Waals surface area (Å²) in [5, 5.41) is 0. The van der Waals surface area contributed by atoms with Gasteiger partial charge in [0.1, 0.15) is 0 Å². The SMILES string of the molecule is CCO[SiH](CN(S(=O)(=O)C(F)(F)F)S(=O)(=O)C(F)(F)F)OCC. The second-order valence-corrected chi connectivity index (χ2v) is 9.53. The van der Waals surface area contributed by atoms with Gasteiger partial charge in [-0.2, -0.15) is 26.3 Å². The average molecular weight is 413 g/mol. The molecule has 0 amide bonds. The van der Waals surface area contributed by atoms with E-state index in [1.807, 2.05) is 0 Å². The maximum atomic E-state index is 12.5. The predicted octanol–water partition coefficient (Wildman–Crippen LogP) is 0.820. The van der Waals surface area contributed by atoms with Crippen molar-refractivity contribution < 1.29 is 52.0 Å². The molecule has 0 radical (unpaired) electrons. The van der Waals surface area contributed by atoms with Crippen LogP contribution in [0.5, 0.6) is 0 Å². The van der Waals surface area contributed by atoms with Crippen LogP contribution in [-0.4, -0.2) is 60.2 Å². The topological polar surface area (TPSA) is 90.0 Å². The third-order valence-corrected chi connectivity index (χ3v) is 8.45. The standard InChI is InChI=1S/C7H13F6NO6S2Si/c1-3-19-23(20-4-2)5-14(21(15,16)6(8,9)10)22(17,18)7(11,12)13/h23H,3-5H2,1-2H3. The van der Waals surface area contributed by atoms with Gasteiger partial charge in [-0.05, 0) is 13.8 Å². The fourth-order valence-corrected chi connectivity index (χ4v) is 6.80.